The summed E-state index contributed by atoms with van der Waals surface area (Å²) in [5.74, 6) is -1.64. The van der Waals surface area contributed by atoms with E-state index in [9.17, 15) is 14.4 Å². The fourth-order valence-electron chi connectivity index (χ4n) is 1.12. The highest BCUT2D eigenvalue weighted by Crippen LogP contribution is 2.06. The van der Waals surface area contributed by atoms with E-state index in [1.165, 1.54) is 0 Å². The molecule has 0 saturated carbocycles. The Morgan fingerprint density at radius 3 is 2.77 bits per heavy atom. The van der Waals surface area contributed by atoms with Crippen LogP contribution in [-0.2, 0) is 9.59 Å². The molecule has 1 unspecified atom stereocenters. The summed E-state index contributed by atoms with van der Waals surface area (Å²) in [6, 6.07) is -0.851. The van der Waals surface area contributed by atoms with Gasteiger partial charge in [0.1, 0.15) is 6.54 Å². The zero-order chi connectivity index (χ0) is 10.0. The maximum absolute atomic E-state index is 11.2. The van der Waals surface area contributed by atoms with Gasteiger partial charge in [-0.3, -0.25) is 14.5 Å². The van der Waals surface area contributed by atoms with Gasteiger partial charge in [0.25, 0.3) is 0 Å². The molecule has 1 heterocycles. The summed E-state index contributed by atoms with van der Waals surface area (Å²) in [6.07, 6.45) is 0.152. The molecule has 13 heavy (non-hydrogen) atoms. The van der Waals surface area contributed by atoms with Crippen molar-refractivity contribution in [2.45, 2.75) is 19.4 Å². The van der Waals surface area contributed by atoms with Crippen LogP contribution < -0.4 is 5.32 Å². The van der Waals surface area contributed by atoms with Crippen molar-refractivity contribution in [1.82, 2.24) is 10.2 Å². The van der Waals surface area contributed by atoms with E-state index in [-0.39, 0.29) is 12.5 Å². The first-order chi connectivity index (χ1) is 6.00. The van der Waals surface area contributed by atoms with E-state index in [0.717, 1.165) is 0 Å². The van der Waals surface area contributed by atoms with E-state index >= 15 is 0 Å². The van der Waals surface area contributed by atoms with Crippen LogP contribution in [0.4, 0.5) is 4.79 Å². The molecule has 0 bridgehead atoms. The lowest BCUT2D eigenvalue weighted by Gasteiger charge is -2.28. The molecule has 1 saturated heterocycles. The van der Waals surface area contributed by atoms with Gasteiger partial charge in [-0.15, -0.1) is 0 Å². The molecule has 0 aromatic heterocycles. The monoisotopic (exact) mass is 186 g/mol. The molecule has 6 nitrogen and oxygen atoms in total. The van der Waals surface area contributed by atoms with Crippen LogP contribution in [0.2, 0.25) is 0 Å². The number of carbonyl (C=O) groups excluding carboxylic acids is 2. The number of nitrogens with one attached hydrogen (secondary N) is 1. The number of urea groups is 1. The van der Waals surface area contributed by atoms with Gasteiger partial charge in [0.05, 0.1) is 0 Å². The second kappa shape index (κ2) is 3.42. The SMILES string of the molecule is CC1CC(=O)N(CC(=O)O)C(=O)N1. The number of aliphatic carboxylic acids is 1. The second-order valence-corrected chi connectivity index (χ2v) is 2.93. The van der Waals surface area contributed by atoms with E-state index in [2.05, 4.69) is 5.32 Å². The van der Waals surface area contributed by atoms with Crippen LogP contribution in [-0.4, -0.2) is 40.5 Å². The molecule has 6 heteroatoms. The minimum atomic E-state index is -1.20. The zero-order valence-corrected chi connectivity index (χ0v) is 7.11. The van der Waals surface area contributed by atoms with Gasteiger partial charge in [0, 0.05) is 12.5 Å². The number of amides is 3. The van der Waals surface area contributed by atoms with Gasteiger partial charge in [-0.1, -0.05) is 0 Å². The van der Waals surface area contributed by atoms with Gasteiger partial charge in [0.2, 0.25) is 5.91 Å². The zero-order valence-electron chi connectivity index (χ0n) is 7.11. The fraction of sp³-hybridized carbons (Fsp3) is 0.571. The van der Waals surface area contributed by atoms with Crippen LogP contribution in [0.15, 0.2) is 0 Å². The molecule has 3 amide bonds. The van der Waals surface area contributed by atoms with Crippen LogP contribution in [0.3, 0.4) is 0 Å². The normalized spacial score (nSPS) is 22.8. The minimum Gasteiger partial charge on any atom is -0.480 e. The van der Waals surface area contributed by atoms with Crippen molar-refractivity contribution in [3.8, 4) is 0 Å². The third-order valence-corrected chi connectivity index (χ3v) is 1.69. The smallest absolute Gasteiger partial charge is 0.324 e. The van der Waals surface area contributed by atoms with Crippen LogP contribution in [0, 0.1) is 0 Å². The Bertz CT molecular complexity index is 245. The first-order valence-corrected chi connectivity index (χ1v) is 3.83. The maximum Gasteiger partial charge on any atom is 0.324 e. The number of carboxylic acid groups (broad SMARTS) is 1. The van der Waals surface area contributed by atoms with Gasteiger partial charge in [-0.2, -0.15) is 0 Å². The molecule has 0 aliphatic carbocycles. The van der Waals surface area contributed by atoms with Crippen molar-refractivity contribution >= 4 is 17.9 Å². The van der Waals surface area contributed by atoms with Crippen molar-refractivity contribution in [3.63, 3.8) is 0 Å². The van der Waals surface area contributed by atoms with E-state index in [4.69, 9.17) is 5.11 Å². The average molecular weight is 186 g/mol. The van der Waals surface area contributed by atoms with Crippen molar-refractivity contribution in [3.05, 3.63) is 0 Å². The molecule has 0 aromatic carbocycles. The first-order valence-electron chi connectivity index (χ1n) is 3.83. The molecule has 2 N–H and O–H groups in total. The van der Waals surface area contributed by atoms with Gasteiger partial charge in [0.15, 0.2) is 0 Å². The predicted molar refractivity (Wildman–Crippen MR) is 42.0 cm³/mol. The summed E-state index contributed by atoms with van der Waals surface area (Å²) in [6.45, 7) is 1.12. The summed E-state index contributed by atoms with van der Waals surface area (Å²) in [5.41, 5.74) is 0. The molecule has 1 aliphatic heterocycles. The topological polar surface area (TPSA) is 86.7 Å². The number of nitrogens with zero attached hydrogens (tertiary/aromatic N) is 1. The molecule has 0 spiro atoms. The van der Waals surface area contributed by atoms with Crippen LogP contribution in [0.5, 0.6) is 0 Å². The summed E-state index contributed by atoms with van der Waals surface area (Å²) in [5, 5.41) is 10.9. The highest BCUT2D eigenvalue weighted by atomic mass is 16.4. The largest absolute Gasteiger partial charge is 0.480 e. The quantitative estimate of drug-likeness (QED) is 0.603. The first kappa shape index (κ1) is 9.50. The lowest BCUT2D eigenvalue weighted by atomic mass is 10.2. The van der Waals surface area contributed by atoms with Crippen LogP contribution >= 0.6 is 0 Å². The van der Waals surface area contributed by atoms with Crippen molar-refractivity contribution in [2.24, 2.45) is 0 Å². The molecular formula is C7H10N2O4. The fourth-order valence-corrected chi connectivity index (χ4v) is 1.12. The summed E-state index contributed by atoms with van der Waals surface area (Å²) in [4.78, 5) is 33.2. The predicted octanol–water partition coefficient (Wildman–Crippen LogP) is -0.599. The highest BCUT2D eigenvalue weighted by molar-refractivity contribution is 5.99. The Kier molecular flexibility index (Phi) is 2.50. The summed E-state index contributed by atoms with van der Waals surface area (Å²) in [7, 11) is 0. The number of imide groups is 1. The van der Waals surface area contributed by atoms with Gasteiger partial charge in [-0.05, 0) is 6.92 Å². The van der Waals surface area contributed by atoms with Crippen molar-refractivity contribution in [2.75, 3.05) is 6.54 Å². The Morgan fingerprint density at radius 2 is 2.31 bits per heavy atom. The maximum atomic E-state index is 11.2. The van der Waals surface area contributed by atoms with Gasteiger partial charge in [-0.25, -0.2) is 4.79 Å². The minimum absolute atomic E-state index is 0.152. The number of carbonyl (C=O) groups is 3. The molecule has 1 atom stereocenters. The van der Waals surface area contributed by atoms with E-state index < -0.39 is 24.5 Å². The van der Waals surface area contributed by atoms with Crippen molar-refractivity contribution < 1.29 is 19.5 Å². The second-order valence-electron chi connectivity index (χ2n) is 2.93. The van der Waals surface area contributed by atoms with E-state index in [1.807, 2.05) is 0 Å². The Hall–Kier alpha value is -1.59. The summed E-state index contributed by atoms with van der Waals surface area (Å²) >= 11 is 0. The molecule has 0 radical (unpaired) electrons. The number of hydrogen-bond acceptors (Lipinski definition) is 3. The number of rotatable bonds is 2. The Labute approximate surface area is 74.5 Å². The summed E-state index contributed by atoms with van der Waals surface area (Å²) < 4.78 is 0. The van der Waals surface area contributed by atoms with E-state index in [0.29, 0.717) is 4.90 Å². The van der Waals surface area contributed by atoms with Gasteiger partial charge < -0.3 is 10.4 Å². The van der Waals surface area contributed by atoms with Crippen LogP contribution in [0.1, 0.15) is 13.3 Å². The van der Waals surface area contributed by atoms with Gasteiger partial charge >= 0.3 is 12.0 Å². The highest BCUT2D eigenvalue weighted by Gasteiger charge is 2.30. The molecule has 1 aliphatic rings. The third kappa shape index (κ3) is 2.17. The molecule has 0 aromatic rings. The van der Waals surface area contributed by atoms with Crippen LogP contribution in [0.25, 0.3) is 0 Å². The number of hydrogen-bond donors (Lipinski definition) is 2. The molecular weight excluding hydrogens is 176 g/mol. The Morgan fingerprint density at radius 1 is 1.69 bits per heavy atom. The molecule has 1 fully saturated rings. The molecule has 72 valence electrons. The van der Waals surface area contributed by atoms with E-state index in [1.54, 1.807) is 6.92 Å². The van der Waals surface area contributed by atoms with Crippen molar-refractivity contribution in [1.29, 1.82) is 0 Å². The third-order valence-electron chi connectivity index (χ3n) is 1.69. The molecule has 1 rings (SSSR count). The Balaban J connectivity index is 2.67. The standard InChI is InChI=1S/C7H10N2O4/c1-4-2-5(10)9(3-6(11)12)7(13)8-4/h4H,2-3H2,1H3,(H,8,13)(H,11,12). The average Bonchev–Trinajstić information content (AvgIpc) is 1.96. The lowest BCUT2D eigenvalue weighted by molar-refractivity contribution is -0.143. The lowest BCUT2D eigenvalue weighted by Crippen LogP contribution is -2.55. The number of carboxylic acids is 1.